The van der Waals surface area contributed by atoms with E-state index in [0.29, 0.717) is 29.1 Å². The van der Waals surface area contributed by atoms with Crippen LogP contribution < -0.4 is 0 Å². The Morgan fingerprint density at radius 3 is 2.57 bits per heavy atom. The molecule has 1 unspecified atom stereocenters. The second-order valence-corrected chi connectivity index (χ2v) is 10.6. The largest absolute Gasteiger partial charge is 0.435 e. The van der Waals surface area contributed by atoms with Gasteiger partial charge in [0.05, 0.1) is 6.26 Å². The Morgan fingerprint density at radius 2 is 1.87 bits per heavy atom. The molecule has 0 aromatic heterocycles. The Labute approximate surface area is 180 Å². The standard InChI is InChI=1S/C26H36O4/c1-16-15-26(5)20(14-24(16)30-18(3)28)6-8-21-22-9-7-19(11-13-29-17(2)27)25(22,4)12-10-23(21)26/h6,11,13-14,16,19,21-23H,7-10,12,15H2,1-5H3/t16?,19-,21+,22+,23+,25-,26+/m1/s1. The molecular weight excluding hydrogens is 376 g/mol. The molecule has 30 heavy (non-hydrogen) atoms. The number of hydrogen-bond acceptors (Lipinski definition) is 4. The predicted octanol–water partition coefficient (Wildman–Crippen LogP) is 5.95. The van der Waals surface area contributed by atoms with Gasteiger partial charge in [0.2, 0.25) is 0 Å². The van der Waals surface area contributed by atoms with Gasteiger partial charge in [0.25, 0.3) is 0 Å². The van der Waals surface area contributed by atoms with Crippen molar-refractivity contribution in [3.8, 4) is 0 Å². The van der Waals surface area contributed by atoms with E-state index in [4.69, 9.17) is 9.47 Å². The number of rotatable bonds is 3. The zero-order chi connectivity index (χ0) is 21.7. The van der Waals surface area contributed by atoms with Crippen molar-refractivity contribution in [2.45, 2.75) is 73.1 Å². The molecule has 4 aliphatic carbocycles. The zero-order valence-electron chi connectivity index (χ0n) is 19.1. The van der Waals surface area contributed by atoms with Crippen LogP contribution in [0.3, 0.4) is 0 Å². The van der Waals surface area contributed by atoms with Gasteiger partial charge in [0.1, 0.15) is 5.76 Å². The van der Waals surface area contributed by atoms with Gasteiger partial charge in [-0.25, -0.2) is 0 Å². The smallest absolute Gasteiger partial charge is 0.307 e. The van der Waals surface area contributed by atoms with Crippen molar-refractivity contribution in [1.82, 2.24) is 0 Å². The predicted molar refractivity (Wildman–Crippen MR) is 116 cm³/mol. The van der Waals surface area contributed by atoms with Gasteiger partial charge in [0, 0.05) is 19.8 Å². The second-order valence-electron chi connectivity index (χ2n) is 10.6. The maximum Gasteiger partial charge on any atom is 0.307 e. The third kappa shape index (κ3) is 3.46. The van der Waals surface area contributed by atoms with Gasteiger partial charge < -0.3 is 9.47 Å². The van der Waals surface area contributed by atoms with E-state index in [0.717, 1.165) is 18.6 Å². The van der Waals surface area contributed by atoms with Crippen LogP contribution in [0.5, 0.6) is 0 Å². The molecule has 0 radical (unpaired) electrons. The molecule has 7 atom stereocenters. The fourth-order valence-electron chi connectivity index (χ4n) is 7.53. The Hall–Kier alpha value is -1.84. The lowest BCUT2D eigenvalue weighted by Gasteiger charge is -2.57. The van der Waals surface area contributed by atoms with Gasteiger partial charge >= 0.3 is 11.9 Å². The number of carbonyl (C=O) groups excluding carboxylic acids is 2. The minimum absolute atomic E-state index is 0.166. The highest BCUT2D eigenvalue weighted by molar-refractivity contribution is 5.67. The molecule has 4 aliphatic rings. The molecule has 4 nitrogen and oxygen atoms in total. The molecule has 0 aromatic rings. The first kappa shape index (κ1) is 21.4. The average molecular weight is 413 g/mol. The topological polar surface area (TPSA) is 52.6 Å². The molecule has 0 N–H and O–H groups in total. The zero-order valence-corrected chi connectivity index (χ0v) is 19.1. The van der Waals surface area contributed by atoms with Crippen molar-refractivity contribution in [1.29, 1.82) is 0 Å². The summed E-state index contributed by atoms with van der Waals surface area (Å²) in [6.07, 6.45) is 15.5. The first-order valence-electron chi connectivity index (χ1n) is 11.6. The lowest BCUT2D eigenvalue weighted by molar-refractivity contribution is -0.138. The Kier molecular flexibility index (Phi) is 5.48. The van der Waals surface area contributed by atoms with E-state index >= 15 is 0 Å². The third-order valence-electron chi connectivity index (χ3n) is 8.92. The van der Waals surface area contributed by atoms with E-state index in [9.17, 15) is 9.59 Å². The third-order valence-corrected chi connectivity index (χ3v) is 8.92. The molecule has 0 bridgehead atoms. The van der Waals surface area contributed by atoms with E-state index in [2.05, 4.69) is 39.0 Å². The molecule has 4 rings (SSSR count). The molecule has 2 saturated carbocycles. The minimum Gasteiger partial charge on any atom is -0.435 e. The summed E-state index contributed by atoms with van der Waals surface area (Å²) in [5.41, 5.74) is 1.84. The number of allylic oxidation sites excluding steroid dienone is 5. The Morgan fingerprint density at radius 1 is 1.10 bits per heavy atom. The molecular formula is C26H36O4. The SMILES string of the molecule is CC(=O)OC=C[C@H]1CC[C@H]2[C@@H]3CC=C4C=C(OC(C)=O)C(C)C[C@]4(C)[C@H]3CC[C@]12C. The second kappa shape index (κ2) is 7.69. The van der Waals surface area contributed by atoms with Gasteiger partial charge in [-0.05, 0) is 90.8 Å². The van der Waals surface area contributed by atoms with E-state index < -0.39 is 0 Å². The number of fused-ring (bicyclic) bond motifs is 5. The van der Waals surface area contributed by atoms with Crippen LogP contribution >= 0.6 is 0 Å². The summed E-state index contributed by atoms with van der Waals surface area (Å²) in [4.78, 5) is 22.6. The molecule has 0 heterocycles. The van der Waals surface area contributed by atoms with Crippen LogP contribution in [-0.4, -0.2) is 11.9 Å². The average Bonchev–Trinajstić information content (AvgIpc) is 2.98. The van der Waals surface area contributed by atoms with Crippen LogP contribution in [-0.2, 0) is 19.1 Å². The van der Waals surface area contributed by atoms with Crippen molar-refractivity contribution < 1.29 is 19.1 Å². The number of carbonyl (C=O) groups is 2. The van der Waals surface area contributed by atoms with Crippen LogP contribution in [0.4, 0.5) is 0 Å². The summed E-state index contributed by atoms with van der Waals surface area (Å²) < 4.78 is 10.6. The van der Waals surface area contributed by atoms with Gasteiger partial charge in [-0.15, -0.1) is 0 Å². The summed E-state index contributed by atoms with van der Waals surface area (Å²) in [5.74, 6) is 3.23. The maximum atomic E-state index is 11.5. The first-order valence-corrected chi connectivity index (χ1v) is 11.6. The molecule has 164 valence electrons. The Bertz CT molecular complexity index is 821. The minimum atomic E-state index is -0.250. The van der Waals surface area contributed by atoms with E-state index in [1.165, 1.54) is 45.1 Å². The first-order chi connectivity index (χ1) is 14.1. The fourth-order valence-corrected chi connectivity index (χ4v) is 7.53. The van der Waals surface area contributed by atoms with E-state index in [-0.39, 0.29) is 23.3 Å². The number of ether oxygens (including phenoxy) is 2. The van der Waals surface area contributed by atoms with E-state index in [1.807, 2.05) is 0 Å². The van der Waals surface area contributed by atoms with Gasteiger partial charge in [-0.2, -0.15) is 0 Å². The monoisotopic (exact) mass is 412 g/mol. The van der Waals surface area contributed by atoms with Crippen molar-refractivity contribution in [3.05, 3.63) is 35.8 Å². The molecule has 0 aliphatic heterocycles. The summed E-state index contributed by atoms with van der Waals surface area (Å²) in [5, 5.41) is 0. The number of esters is 2. The van der Waals surface area contributed by atoms with E-state index in [1.54, 1.807) is 6.26 Å². The summed E-state index contributed by atoms with van der Waals surface area (Å²) >= 11 is 0. The lowest BCUT2D eigenvalue weighted by atomic mass is 9.47. The van der Waals surface area contributed by atoms with Crippen LogP contribution in [0.25, 0.3) is 0 Å². The maximum absolute atomic E-state index is 11.5. The van der Waals surface area contributed by atoms with Gasteiger partial charge in [0.15, 0.2) is 0 Å². The normalized spacial score (nSPS) is 42.5. The quantitative estimate of drug-likeness (QED) is 0.425. The van der Waals surface area contributed by atoms with Crippen LogP contribution in [0.2, 0.25) is 0 Å². The van der Waals surface area contributed by atoms with Crippen molar-refractivity contribution >= 4 is 11.9 Å². The highest BCUT2D eigenvalue weighted by atomic mass is 16.5. The van der Waals surface area contributed by atoms with Crippen LogP contribution in [0.1, 0.15) is 73.1 Å². The van der Waals surface area contributed by atoms with Gasteiger partial charge in [-0.3, -0.25) is 9.59 Å². The molecule has 2 fully saturated rings. The summed E-state index contributed by atoms with van der Waals surface area (Å²) in [6.45, 7) is 10.0. The Balaban J connectivity index is 1.58. The summed E-state index contributed by atoms with van der Waals surface area (Å²) in [7, 11) is 0. The molecule has 4 heteroatoms. The highest BCUT2D eigenvalue weighted by Gasteiger charge is 2.58. The van der Waals surface area contributed by atoms with Gasteiger partial charge in [-0.1, -0.05) is 26.8 Å². The van der Waals surface area contributed by atoms with Crippen molar-refractivity contribution in [2.75, 3.05) is 0 Å². The fraction of sp³-hybridized carbons (Fsp3) is 0.692. The van der Waals surface area contributed by atoms with Crippen LogP contribution in [0, 0.1) is 40.4 Å². The van der Waals surface area contributed by atoms with Crippen LogP contribution in [0.15, 0.2) is 35.8 Å². The molecule has 0 spiro atoms. The van der Waals surface area contributed by atoms with Crippen molar-refractivity contribution in [3.63, 3.8) is 0 Å². The number of hydrogen-bond donors (Lipinski definition) is 0. The highest BCUT2D eigenvalue weighted by Crippen LogP contribution is 2.66. The van der Waals surface area contributed by atoms with Crippen molar-refractivity contribution in [2.24, 2.45) is 40.4 Å². The lowest BCUT2D eigenvalue weighted by Crippen LogP contribution is -2.49. The molecule has 0 amide bonds. The molecule has 0 aromatic carbocycles. The molecule has 0 saturated heterocycles. The summed E-state index contributed by atoms with van der Waals surface area (Å²) in [6, 6.07) is 0.